The second kappa shape index (κ2) is 8.12. The molecule has 1 aromatic rings. The van der Waals surface area contributed by atoms with Gasteiger partial charge in [0.25, 0.3) is 0 Å². The average molecular weight is 342 g/mol. The van der Waals surface area contributed by atoms with Crippen LogP contribution in [0.25, 0.3) is 0 Å². The molecule has 2 fully saturated rings. The average Bonchev–Trinajstić information content (AvgIpc) is 2.95. The van der Waals surface area contributed by atoms with Crippen molar-refractivity contribution in [3.05, 3.63) is 29.3 Å². The molecule has 1 N–H and O–H groups in total. The standard InChI is InChI=1S/C23H35NO/c1-2-3-9-17-13-14-21-20(16-17)23-19(12-8-15-25-23)22(24-21)18-10-6-4-5-7-11-18/h13-14,16,18-19,22-24H,2-12,15H2,1H3/t19-,22+,23-/m0/s1. The summed E-state index contributed by atoms with van der Waals surface area (Å²) in [5, 5.41) is 4.00. The molecule has 138 valence electrons. The first-order chi connectivity index (χ1) is 12.4. The molecule has 1 aliphatic carbocycles. The van der Waals surface area contributed by atoms with E-state index in [1.807, 2.05) is 0 Å². The zero-order chi connectivity index (χ0) is 17.1. The lowest BCUT2D eigenvalue weighted by Crippen LogP contribution is -2.45. The Labute approximate surface area is 153 Å². The molecule has 3 aliphatic rings. The molecule has 0 spiro atoms. The quantitative estimate of drug-likeness (QED) is 0.652. The minimum absolute atomic E-state index is 0.333. The number of aryl methyl sites for hydroxylation is 1. The largest absolute Gasteiger partial charge is 0.381 e. The molecule has 2 nitrogen and oxygen atoms in total. The van der Waals surface area contributed by atoms with Gasteiger partial charge in [-0.05, 0) is 56.1 Å². The Hall–Kier alpha value is -1.02. The van der Waals surface area contributed by atoms with Gasteiger partial charge in [0.15, 0.2) is 0 Å². The topological polar surface area (TPSA) is 21.3 Å². The monoisotopic (exact) mass is 341 g/mol. The van der Waals surface area contributed by atoms with Crippen LogP contribution in [0.15, 0.2) is 18.2 Å². The first-order valence-electron chi connectivity index (χ1n) is 10.9. The fraction of sp³-hybridized carbons (Fsp3) is 0.739. The predicted octanol–water partition coefficient (Wildman–Crippen LogP) is 6.26. The van der Waals surface area contributed by atoms with Crippen molar-refractivity contribution in [1.82, 2.24) is 0 Å². The molecule has 2 heteroatoms. The van der Waals surface area contributed by atoms with E-state index in [0.29, 0.717) is 18.1 Å². The molecule has 1 saturated carbocycles. The molecule has 0 bridgehead atoms. The van der Waals surface area contributed by atoms with Crippen LogP contribution in [-0.4, -0.2) is 12.6 Å². The van der Waals surface area contributed by atoms with E-state index < -0.39 is 0 Å². The third-order valence-electron chi connectivity index (χ3n) is 6.80. The highest BCUT2D eigenvalue weighted by molar-refractivity contribution is 5.57. The lowest BCUT2D eigenvalue weighted by molar-refractivity contribution is -0.0447. The number of fused-ring (bicyclic) bond motifs is 3. The maximum absolute atomic E-state index is 6.38. The number of benzene rings is 1. The summed E-state index contributed by atoms with van der Waals surface area (Å²) in [6.07, 6.45) is 15.2. The summed E-state index contributed by atoms with van der Waals surface area (Å²) in [4.78, 5) is 0. The van der Waals surface area contributed by atoms with Crippen molar-refractivity contribution in [2.75, 3.05) is 11.9 Å². The summed E-state index contributed by atoms with van der Waals surface area (Å²) in [7, 11) is 0. The van der Waals surface area contributed by atoms with Crippen LogP contribution < -0.4 is 5.32 Å². The lowest BCUT2D eigenvalue weighted by Gasteiger charge is -2.46. The predicted molar refractivity (Wildman–Crippen MR) is 105 cm³/mol. The number of rotatable bonds is 4. The van der Waals surface area contributed by atoms with Crippen molar-refractivity contribution >= 4 is 5.69 Å². The molecular formula is C23H35NO. The minimum atomic E-state index is 0.333. The number of ether oxygens (including phenoxy) is 1. The first kappa shape index (κ1) is 17.4. The SMILES string of the molecule is CCCCc1ccc2c(c1)[C@H]1OCCC[C@H]1[C@@H](C1CCCCCC1)N2. The van der Waals surface area contributed by atoms with Crippen LogP contribution >= 0.6 is 0 Å². The van der Waals surface area contributed by atoms with Gasteiger partial charge in [-0.1, -0.05) is 51.2 Å². The Bertz CT molecular complexity index is 561. The van der Waals surface area contributed by atoms with Gasteiger partial charge < -0.3 is 10.1 Å². The highest BCUT2D eigenvalue weighted by Gasteiger charge is 2.42. The Morgan fingerprint density at radius 2 is 1.88 bits per heavy atom. The maximum atomic E-state index is 6.38. The third kappa shape index (κ3) is 3.74. The van der Waals surface area contributed by atoms with Crippen LogP contribution in [-0.2, 0) is 11.2 Å². The van der Waals surface area contributed by atoms with Crippen molar-refractivity contribution in [2.24, 2.45) is 11.8 Å². The van der Waals surface area contributed by atoms with Crippen molar-refractivity contribution in [1.29, 1.82) is 0 Å². The second-order valence-electron chi connectivity index (χ2n) is 8.54. The maximum Gasteiger partial charge on any atom is 0.0892 e. The summed E-state index contributed by atoms with van der Waals surface area (Å²) in [6, 6.07) is 7.76. The number of hydrogen-bond donors (Lipinski definition) is 1. The van der Waals surface area contributed by atoms with Crippen LogP contribution in [0.3, 0.4) is 0 Å². The fourth-order valence-corrected chi connectivity index (χ4v) is 5.43. The number of nitrogens with one attached hydrogen (secondary N) is 1. The van der Waals surface area contributed by atoms with E-state index in [-0.39, 0.29) is 0 Å². The van der Waals surface area contributed by atoms with Crippen molar-refractivity contribution in [3.8, 4) is 0 Å². The number of hydrogen-bond acceptors (Lipinski definition) is 2. The molecule has 0 radical (unpaired) electrons. The van der Waals surface area contributed by atoms with Gasteiger partial charge in [-0.15, -0.1) is 0 Å². The fourth-order valence-electron chi connectivity index (χ4n) is 5.43. The summed E-state index contributed by atoms with van der Waals surface area (Å²) >= 11 is 0. The first-order valence-corrected chi connectivity index (χ1v) is 10.9. The highest BCUT2D eigenvalue weighted by Crippen LogP contribution is 2.47. The summed E-state index contributed by atoms with van der Waals surface area (Å²) in [5.41, 5.74) is 4.30. The highest BCUT2D eigenvalue weighted by atomic mass is 16.5. The molecule has 3 atom stereocenters. The second-order valence-corrected chi connectivity index (χ2v) is 8.54. The Kier molecular flexibility index (Phi) is 5.65. The molecule has 25 heavy (non-hydrogen) atoms. The molecule has 0 aromatic heterocycles. The molecule has 1 aromatic carbocycles. The molecule has 2 aliphatic heterocycles. The number of unbranched alkanes of at least 4 members (excludes halogenated alkanes) is 1. The van der Waals surface area contributed by atoms with Crippen LogP contribution in [0.5, 0.6) is 0 Å². The van der Waals surface area contributed by atoms with Crippen LogP contribution in [0.1, 0.15) is 88.4 Å². The molecule has 0 unspecified atom stereocenters. The normalized spacial score (nSPS) is 30.0. The van der Waals surface area contributed by atoms with Gasteiger partial charge in [-0.3, -0.25) is 0 Å². The van der Waals surface area contributed by atoms with Gasteiger partial charge in [0, 0.05) is 29.8 Å². The van der Waals surface area contributed by atoms with E-state index >= 15 is 0 Å². The van der Waals surface area contributed by atoms with Crippen molar-refractivity contribution in [3.63, 3.8) is 0 Å². The number of anilines is 1. The molecule has 2 heterocycles. The zero-order valence-corrected chi connectivity index (χ0v) is 15.9. The van der Waals surface area contributed by atoms with E-state index in [0.717, 1.165) is 12.5 Å². The van der Waals surface area contributed by atoms with Crippen LogP contribution in [0, 0.1) is 11.8 Å². The molecule has 4 rings (SSSR count). The third-order valence-corrected chi connectivity index (χ3v) is 6.80. The molecule has 0 amide bonds. The molecule has 1 saturated heterocycles. The summed E-state index contributed by atoms with van der Waals surface area (Å²) in [6.45, 7) is 3.22. The van der Waals surface area contributed by atoms with Crippen molar-refractivity contribution < 1.29 is 4.74 Å². The van der Waals surface area contributed by atoms with E-state index in [4.69, 9.17) is 4.74 Å². The van der Waals surface area contributed by atoms with Gasteiger partial charge >= 0.3 is 0 Å². The smallest absolute Gasteiger partial charge is 0.0892 e. The summed E-state index contributed by atoms with van der Waals surface area (Å²) < 4.78 is 6.38. The van der Waals surface area contributed by atoms with Crippen LogP contribution in [0.4, 0.5) is 5.69 Å². The Balaban J connectivity index is 1.60. The van der Waals surface area contributed by atoms with E-state index in [1.165, 1.54) is 87.4 Å². The van der Waals surface area contributed by atoms with E-state index in [9.17, 15) is 0 Å². The lowest BCUT2D eigenvalue weighted by atomic mass is 9.73. The Morgan fingerprint density at radius 1 is 1.04 bits per heavy atom. The van der Waals surface area contributed by atoms with Crippen LogP contribution in [0.2, 0.25) is 0 Å². The van der Waals surface area contributed by atoms with E-state index in [2.05, 4.69) is 30.4 Å². The zero-order valence-electron chi connectivity index (χ0n) is 15.9. The van der Waals surface area contributed by atoms with Gasteiger partial charge in [0.05, 0.1) is 6.10 Å². The van der Waals surface area contributed by atoms with Crippen molar-refractivity contribution in [2.45, 2.75) is 89.7 Å². The van der Waals surface area contributed by atoms with Gasteiger partial charge in [0.2, 0.25) is 0 Å². The van der Waals surface area contributed by atoms with Gasteiger partial charge in [-0.25, -0.2) is 0 Å². The van der Waals surface area contributed by atoms with Gasteiger partial charge in [0.1, 0.15) is 0 Å². The molecular weight excluding hydrogens is 306 g/mol. The van der Waals surface area contributed by atoms with E-state index in [1.54, 1.807) is 0 Å². The minimum Gasteiger partial charge on any atom is -0.381 e. The van der Waals surface area contributed by atoms with Gasteiger partial charge in [-0.2, -0.15) is 0 Å². The Morgan fingerprint density at radius 3 is 2.68 bits per heavy atom. The summed E-state index contributed by atoms with van der Waals surface area (Å²) in [5.74, 6) is 1.51.